The third kappa shape index (κ3) is 10.2. The normalized spacial score (nSPS) is 13.9. The minimum Gasteiger partial charge on any atom is -1.00 e. The van der Waals surface area contributed by atoms with E-state index in [-0.39, 0.29) is 18.5 Å². The van der Waals surface area contributed by atoms with E-state index in [1.54, 1.807) is 0 Å². The fraction of sp³-hybridized carbons (Fsp3) is 1.00. The first kappa shape index (κ1) is 13.7. The molecule has 0 aromatic heterocycles. The number of halogens is 1. The summed E-state index contributed by atoms with van der Waals surface area (Å²) >= 11 is 0. The van der Waals surface area contributed by atoms with Gasteiger partial charge in [-0.05, 0) is 13.0 Å². The molecule has 70 valence electrons. The second-order valence-electron chi connectivity index (χ2n) is 3.70. The number of hydrogen-bond acceptors (Lipinski definition) is 2. The van der Waals surface area contributed by atoms with E-state index < -0.39 is 0 Å². The van der Waals surface area contributed by atoms with Gasteiger partial charge in [0.25, 0.3) is 0 Å². The van der Waals surface area contributed by atoms with Crippen LogP contribution in [0.5, 0.6) is 0 Å². The topological polar surface area (TPSA) is 46.2 Å². The van der Waals surface area contributed by atoms with Gasteiger partial charge in [0.05, 0.1) is 21.1 Å². The van der Waals surface area contributed by atoms with Crippen molar-refractivity contribution in [2.45, 2.75) is 12.5 Å². The Hall–Kier alpha value is 0.170. The molecule has 0 aliphatic heterocycles. The zero-order chi connectivity index (χ0) is 8.20. The Morgan fingerprint density at radius 3 is 2.09 bits per heavy atom. The molecule has 4 heteroatoms. The Balaban J connectivity index is 0. The average Bonchev–Trinajstić information content (AvgIpc) is 1.59. The van der Waals surface area contributed by atoms with Crippen LogP contribution in [0, 0.1) is 0 Å². The van der Waals surface area contributed by atoms with Gasteiger partial charge in [0, 0.05) is 0 Å². The zero-order valence-corrected chi connectivity index (χ0v) is 8.30. The Labute approximate surface area is 75.2 Å². The summed E-state index contributed by atoms with van der Waals surface area (Å²) in [5.41, 5.74) is 5.28. The van der Waals surface area contributed by atoms with Gasteiger partial charge in [-0.3, -0.25) is 0 Å². The molecule has 0 radical (unpaired) electrons. The highest BCUT2D eigenvalue weighted by Crippen LogP contribution is 1.97. The highest BCUT2D eigenvalue weighted by Gasteiger charge is 2.13. The van der Waals surface area contributed by atoms with Crippen LogP contribution in [0.15, 0.2) is 0 Å². The first-order valence-corrected chi connectivity index (χ1v) is 3.64. The SMILES string of the molecule is C[N+](C)(C)C[C@H](O)CCN.[Cl-]. The van der Waals surface area contributed by atoms with Crippen molar-refractivity contribution >= 4 is 0 Å². The monoisotopic (exact) mass is 182 g/mol. The van der Waals surface area contributed by atoms with Crippen LogP contribution in [-0.2, 0) is 0 Å². The minimum absolute atomic E-state index is 0. The number of likely N-dealkylation sites (N-methyl/N-ethyl adjacent to an activating group) is 1. The van der Waals surface area contributed by atoms with Crippen LogP contribution in [0.2, 0.25) is 0 Å². The van der Waals surface area contributed by atoms with E-state index in [1.165, 1.54) is 0 Å². The van der Waals surface area contributed by atoms with Crippen LogP contribution in [0.1, 0.15) is 6.42 Å². The van der Waals surface area contributed by atoms with Crippen molar-refractivity contribution in [2.24, 2.45) is 5.73 Å². The average molecular weight is 183 g/mol. The molecule has 3 nitrogen and oxygen atoms in total. The van der Waals surface area contributed by atoms with Crippen molar-refractivity contribution in [3.63, 3.8) is 0 Å². The summed E-state index contributed by atoms with van der Waals surface area (Å²) in [4.78, 5) is 0. The maximum atomic E-state index is 9.29. The summed E-state index contributed by atoms with van der Waals surface area (Å²) < 4.78 is 0.793. The Morgan fingerprint density at radius 2 is 1.82 bits per heavy atom. The maximum absolute atomic E-state index is 9.29. The number of hydrogen-bond donors (Lipinski definition) is 2. The van der Waals surface area contributed by atoms with Gasteiger partial charge in [-0.15, -0.1) is 0 Å². The number of rotatable bonds is 4. The molecular formula is C7H19ClN2O. The van der Waals surface area contributed by atoms with E-state index >= 15 is 0 Å². The van der Waals surface area contributed by atoms with Crippen LogP contribution in [0.3, 0.4) is 0 Å². The van der Waals surface area contributed by atoms with Gasteiger partial charge < -0.3 is 27.7 Å². The lowest BCUT2D eigenvalue weighted by atomic mass is 10.2. The molecule has 0 spiro atoms. The van der Waals surface area contributed by atoms with Crippen molar-refractivity contribution in [1.29, 1.82) is 0 Å². The lowest BCUT2D eigenvalue weighted by Gasteiger charge is -2.26. The van der Waals surface area contributed by atoms with Crippen LogP contribution in [0.4, 0.5) is 0 Å². The van der Waals surface area contributed by atoms with E-state index in [4.69, 9.17) is 5.73 Å². The molecule has 0 aromatic carbocycles. The molecule has 0 amide bonds. The fourth-order valence-electron chi connectivity index (χ4n) is 0.916. The molecule has 3 N–H and O–H groups in total. The van der Waals surface area contributed by atoms with Gasteiger partial charge in [0.1, 0.15) is 12.6 Å². The highest BCUT2D eigenvalue weighted by atomic mass is 35.5. The van der Waals surface area contributed by atoms with Crippen molar-refractivity contribution in [2.75, 3.05) is 34.2 Å². The van der Waals surface area contributed by atoms with E-state index in [0.717, 1.165) is 11.0 Å². The first-order valence-electron chi connectivity index (χ1n) is 3.64. The van der Waals surface area contributed by atoms with Gasteiger partial charge in [0.15, 0.2) is 0 Å². The quantitative estimate of drug-likeness (QED) is 0.442. The first-order chi connectivity index (χ1) is 4.45. The number of nitrogens with two attached hydrogens (primary N) is 1. The molecule has 0 aliphatic carbocycles. The molecule has 0 aliphatic rings. The summed E-state index contributed by atoms with van der Waals surface area (Å²) in [6.07, 6.45) is 0.459. The summed E-state index contributed by atoms with van der Waals surface area (Å²) in [5.74, 6) is 0. The standard InChI is InChI=1S/C7H19N2O.ClH/c1-9(2,3)6-7(10)4-5-8;/h7,10H,4-6,8H2,1-3H3;1H/q+1;/p-1/t7-;/m1./s1. The molecule has 0 rings (SSSR count). The van der Waals surface area contributed by atoms with Crippen molar-refractivity contribution in [3.05, 3.63) is 0 Å². The maximum Gasteiger partial charge on any atom is 0.104 e. The van der Waals surface area contributed by atoms with Crippen molar-refractivity contribution in [3.8, 4) is 0 Å². The number of quaternary nitrogens is 1. The van der Waals surface area contributed by atoms with Crippen LogP contribution in [0.25, 0.3) is 0 Å². The lowest BCUT2D eigenvalue weighted by Crippen LogP contribution is -3.00. The molecule has 0 heterocycles. The summed E-state index contributed by atoms with van der Waals surface area (Å²) in [5, 5.41) is 9.29. The predicted octanol–water partition coefficient (Wildman–Crippen LogP) is -3.59. The van der Waals surface area contributed by atoms with Crippen LogP contribution < -0.4 is 18.1 Å². The molecule has 0 fully saturated rings. The molecule has 1 atom stereocenters. The molecule has 0 bridgehead atoms. The second kappa shape index (κ2) is 5.77. The molecule has 11 heavy (non-hydrogen) atoms. The zero-order valence-electron chi connectivity index (χ0n) is 7.55. The number of nitrogens with zero attached hydrogens (tertiary/aromatic N) is 1. The second-order valence-corrected chi connectivity index (χ2v) is 3.70. The van der Waals surface area contributed by atoms with E-state index in [9.17, 15) is 5.11 Å². The van der Waals surface area contributed by atoms with Gasteiger partial charge in [-0.1, -0.05) is 0 Å². The van der Waals surface area contributed by atoms with Crippen molar-refractivity contribution in [1.82, 2.24) is 0 Å². The highest BCUT2D eigenvalue weighted by molar-refractivity contribution is 4.52. The fourth-order valence-corrected chi connectivity index (χ4v) is 0.916. The van der Waals surface area contributed by atoms with Gasteiger partial charge >= 0.3 is 0 Å². The van der Waals surface area contributed by atoms with E-state index in [0.29, 0.717) is 13.0 Å². The predicted molar refractivity (Wildman–Crippen MR) is 42.6 cm³/mol. The molecule has 0 aromatic rings. The van der Waals surface area contributed by atoms with Crippen molar-refractivity contribution < 1.29 is 22.0 Å². The lowest BCUT2D eigenvalue weighted by molar-refractivity contribution is -0.873. The van der Waals surface area contributed by atoms with Gasteiger partial charge in [0.2, 0.25) is 0 Å². The largest absolute Gasteiger partial charge is 1.00 e. The Kier molecular flexibility index (Phi) is 7.21. The van der Waals surface area contributed by atoms with Crippen LogP contribution >= 0.6 is 0 Å². The molecular weight excluding hydrogens is 164 g/mol. The molecule has 0 saturated carbocycles. The number of aliphatic hydroxyl groups is 1. The summed E-state index contributed by atoms with van der Waals surface area (Å²) in [6, 6.07) is 0. The van der Waals surface area contributed by atoms with Crippen LogP contribution in [-0.4, -0.2) is 49.9 Å². The third-order valence-corrected chi connectivity index (χ3v) is 1.26. The molecule has 0 saturated heterocycles. The number of aliphatic hydroxyl groups excluding tert-OH is 1. The van der Waals surface area contributed by atoms with Gasteiger partial charge in [-0.25, -0.2) is 0 Å². The minimum atomic E-state index is -0.245. The Morgan fingerprint density at radius 1 is 1.36 bits per heavy atom. The smallest absolute Gasteiger partial charge is 0.104 e. The summed E-state index contributed by atoms with van der Waals surface area (Å²) in [6.45, 7) is 1.35. The summed E-state index contributed by atoms with van der Waals surface area (Å²) in [7, 11) is 6.17. The van der Waals surface area contributed by atoms with E-state index in [2.05, 4.69) is 21.1 Å². The van der Waals surface area contributed by atoms with E-state index in [1.807, 2.05) is 0 Å². The molecule has 0 unspecified atom stereocenters. The third-order valence-electron chi connectivity index (χ3n) is 1.26. The van der Waals surface area contributed by atoms with Gasteiger partial charge in [-0.2, -0.15) is 0 Å². The Bertz CT molecular complexity index is 92.9.